The van der Waals surface area contributed by atoms with Gasteiger partial charge in [0.1, 0.15) is 0 Å². The maximum absolute atomic E-state index is 12.0. The third-order valence-electron chi connectivity index (χ3n) is 5.34. The number of Topliss-reactive ketones (excluding diaryl/α,β-unsaturated/α-hetero) is 1. The van der Waals surface area contributed by atoms with Crippen LogP contribution >= 0.6 is 0 Å². The van der Waals surface area contributed by atoms with Crippen LogP contribution in [0.2, 0.25) is 0 Å². The standard InChI is InChI=1S/C18H27NO/c1-13-5-3-6-15(11-13)9-10-19-14(2)12-16-17(19)7-4-8-18(16)20/h12-13,15H,3-11H2,1-2H3. The van der Waals surface area contributed by atoms with Crippen molar-refractivity contribution in [3.05, 3.63) is 23.0 Å². The fourth-order valence-electron chi connectivity index (χ4n) is 4.24. The Labute approximate surface area is 122 Å². The van der Waals surface area contributed by atoms with Crippen LogP contribution in [-0.2, 0) is 13.0 Å². The molecule has 0 radical (unpaired) electrons. The van der Waals surface area contributed by atoms with Crippen LogP contribution in [0.4, 0.5) is 0 Å². The Kier molecular flexibility index (Phi) is 4.00. The first-order chi connectivity index (χ1) is 9.65. The lowest BCUT2D eigenvalue weighted by atomic mass is 9.81. The summed E-state index contributed by atoms with van der Waals surface area (Å²) in [5.41, 5.74) is 3.63. The summed E-state index contributed by atoms with van der Waals surface area (Å²) in [6.45, 7) is 5.68. The molecule has 20 heavy (non-hydrogen) atoms. The molecule has 1 aromatic heterocycles. The summed E-state index contributed by atoms with van der Waals surface area (Å²) in [6.07, 6.45) is 9.81. The molecule has 1 aromatic rings. The summed E-state index contributed by atoms with van der Waals surface area (Å²) in [7, 11) is 0. The summed E-state index contributed by atoms with van der Waals surface area (Å²) in [5, 5.41) is 0. The number of fused-ring (bicyclic) bond motifs is 1. The van der Waals surface area contributed by atoms with E-state index in [2.05, 4.69) is 24.5 Å². The molecule has 2 unspecified atom stereocenters. The Morgan fingerprint density at radius 3 is 2.90 bits per heavy atom. The van der Waals surface area contributed by atoms with E-state index in [0.29, 0.717) is 5.78 Å². The second-order valence-corrected chi connectivity index (χ2v) is 7.00. The lowest BCUT2D eigenvalue weighted by Crippen LogP contribution is -2.18. The molecule has 1 heterocycles. The highest BCUT2D eigenvalue weighted by Gasteiger charge is 2.24. The van der Waals surface area contributed by atoms with Gasteiger partial charge in [0.05, 0.1) is 0 Å². The quantitative estimate of drug-likeness (QED) is 0.793. The Hall–Kier alpha value is -1.05. The van der Waals surface area contributed by atoms with Crippen molar-refractivity contribution in [3.63, 3.8) is 0 Å². The number of rotatable bonds is 3. The van der Waals surface area contributed by atoms with E-state index in [-0.39, 0.29) is 0 Å². The number of hydrogen-bond donors (Lipinski definition) is 0. The molecule has 1 fully saturated rings. The van der Waals surface area contributed by atoms with Gasteiger partial charge in [-0.15, -0.1) is 0 Å². The van der Waals surface area contributed by atoms with E-state index in [9.17, 15) is 4.79 Å². The highest BCUT2D eigenvalue weighted by Crippen LogP contribution is 2.32. The van der Waals surface area contributed by atoms with Crippen LogP contribution in [-0.4, -0.2) is 10.4 Å². The zero-order valence-corrected chi connectivity index (χ0v) is 13.0. The van der Waals surface area contributed by atoms with Crippen molar-refractivity contribution in [2.45, 2.75) is 71.8 Å². The highest BCUT2D eigenvalue weighted by atomic mass is 16.1. The molecule has 110 valence electrons. The number of aryl methyl sites for hydroxylation is 1. The van der Waals surface area contributed by atoms with Gasteiger partial charge in [0.15, 0.2) is 5.78 Å². The average molecular weight is 273 g/mol. The zero-order chi connectivity index (χ0) is 14.1. The molecule has 2 nitrogen and oxygen atoms in total. The van der Waals surface area contributed by atoms with Crippen molar-refractivity contribution in [1.29, 1.82) is 0 Å². The van der Waals surface area contributed by atoms with Crippen LogP contribution in [0.15, 0.2) is 6.07 Å². The Balaban J connectivity index is 1.70. The van der Waals surface area contributed by atoms with Gasteiger partial charge in [0.2, 0.25) is 0 Å². The van der Waals surface area contributed by atoms with Gasteiger partial charge in [-0.3, -0.25) is 4.79 Å². The van der Waals surface area contributed by atoms with Crippen molar-refractivity contribution >= 4 is 5.78 Å². The minimum atomic E-state index is 0.361. The molecule has 2 heteroatoms. The Morgan fingerprint density at radius 2 is 2.10 bits per heavy atom. The number of carbonyl (C=O) groups excluding carboxylic acids is 1. The Morgan fingerprint density at radius 1 is 1.25 bits per heavy atom. The molecule has 0 bridgehead atoms. The summed E-state index contributed by atoms with van der Waals surface area (Å²) in [6, 6.07) is 2.13. The minimum absolute atomic E-state index is 0.361. The first kappa shape index (κ1) is 13.9. The average Bonchev–Trinajstić information content (AvgIpc) is 2.74. The molecule has 2 atom stereocenters. The smallest absolute Gasteiger partial charge is 0.164 e. The van der Waals surface area contributed by atoms with Crippen LogP contribution in [0, 0.1) is 18.8 Å². The number of carbonyl (C=O) groups is 1. The van der Waals surface area contributed by atoms with Gasteiger partial charge in [-0.25, -0.2) is 0 Å². The molecule has 0 spiro atoms. The summed E-state index contributed by atoms with van der Waals surface area (Å²) >= 11 is 0. The van der Waals surface area contributed by atoms with E-state index in [1.165, 1.54) is 43.5 Å². The van der Waals surface area contributed by atoms with E-state index in [0.717, 1.165) is 43.2 Å². The van der Waals surface area contributed by atoms with Crippen LogP contribution in [0.1, 0.15) is 73.6 Å². The van der Waals surface area contributed by atoms with Gasteiger partial charge in [0, 0.05) is 29.9 Å². The summed E-state index contributed by atoms with van der Waals surface area (Å²) < 4.78 is 2.44. The van der Waals surface area contributed by atoms with E-state index < -0.39 is 0 Å². The first-order valence-corrected chi connectivity index (χ1v) is 8.37. The first-order valence-electron chi connectivity index (χ1n) is 8.37. The third-order valence-corrected chi connectivity index (χ3v) is 5.34. The second-order valence-electron chi connectivity index (χ2n) is 7.00. The van der Waals surface area contributed by atoms with E-state index >= 15 is 0 Å². The van der Waals surface area contributed by atoms with Crippen molar-refractivity contribution in [3.8, 4) is 0 Å². The largest absolute Gasteiger partial charge is 0.348 e. The molecule has 3 rings (SSSR count). The van der Waals surface area contributed by atoms with Crippen LogP contribution in [0.5, 0.6) is 0 Å². The number of aromatic nitrogens is 1. The van der Waals surface area contributed by atoms with Crippen molar-refractivity contribution in [2.75, 3.05) is 0 Å². The van der Waals surface area contributed by atoms with Crippen LogP contribution in [0.25, 0.3) is 0 Å². The van der Waals surface area contributed by atoms with E-state index in [4.69, 9.17) is 0 Å². The number of hydrogen-bond acceptors (Lipinski definition) is 1. The van der Waals surface area contributed by atoms with Gasteiger partial charge in [-0.2, -0.15) is 0 Å². The number of nitrogens with zero attached hydrogens (tertiary/aromatic N) is 1. The van der Waals surface area contributed by atoms with Crippen molar-refractivity contribution in [2.24, 2.45) is 11.8 Å². The molecule has 0 saturated heterocycles. The SMILES string of the molecule is Cc1cc2c(n1CCC1CCCC(C)C1)CCCC2=O. The zero-order valence-electron chi connectivity index (χ0n) is 13.0. The lowest BCUT2D eigenvalue weighted by Gasteiger charge is -2.27. The molecule has 0 N–H and O–H groups in total. The van der Waals surface area contributed by atoms with Gasteiger partial charge in [-0.1, -0.05) is 26.2 Å². The van der Waals surface area contributed by atoms with Gasteiger partial charge in [0.25, 0.3) is 0 Å². The van der Waals surface area contributed by atoms with Gasteiger partial charge < -0.3 is 4.57 Å². The second kappa shape index (κ2) is 5.75. The van der Waals surface area contributed by atoms with Crippen LogP contribution < -0.4 is 0 Å². The van der Waals surface area contributed by atoms with Crippen LogP contribution in [0.3, 0.4) is 0 Å². The fraction of sp³-hybridized carbons (Fsp3) is 0.722. The van der Waals surface area contributed by atoms with Gasteiger partial charge in [-0.05, 0) is 50.5 Å². The number of ketones is 1. The maximum Gasteiger partial charge on any atom is 0.164 e. The molecule has 2 aliphatic carbocycles. The molecule has 0 aromatic carbocycles. The van der Waals surface area contributed by atoms with Gasteiger partial charge >= 0.3 is 0 Å². The molecule has 1 saturated carbocycles. The molecular formula is C18H27NO. The monoisotopic (exact) mass is 273 g/mol. The van der Waals surface area contributed by atoms with Crippen molar-refractivity contribution < 1.29 is 4.79 Å². The highest BCUT2D eigenvalue weighted by molar-refractivity contribution is 5.98. The molecule has 2 aliphatic rings. The summed E-state index contributed by atoms with van der Waals surface area (Å²) in [5.74, 6) is 2.17. The molecule has 0 amide bonds. The lowest BCUT2D eigenvalue weighted by molar-refractivity contribution is 0.0971. The maximum atomic E-state index is 12.0. The van der Waals surface area contributed by atoms with Crippen molar-refractivity contribution in [1.82, 2.24) is 4.57 Å². The normalized spacial score (nSPS) is 26.6. The third kappa shape index (κ3) is 2.70. The topological polar surface area (TPSA) is 22.0 Å². The predicted octanol–water partition coefficient (Wildman–Crippen LogP) is 4.53. The molecule has 0 aliphatic heterocycles. The minimum Gasteiger partial charge on any atom is -0.348 e. The van der Waals surface area contributed by atoms with E-state index in [1.807, 2.05) is 0 Å². The Bertz CT molecular complexity index is 500. The van der Waals surface area contributed by atoms with E-state index in [1.54, 1.807) is 0 Å². The fourth-order valence-corrected chi connectivity index (χ4v) is 4.24. The predicted molar refractivity (Wildman–Crippen MR) is 82.2 cm³/mol. The summed E-state index contributed by atoms with van der Waals surface area (Å²) in [4.78, 5) is 12.0. The molecular weight excluding hydrogens is 246 g/mol.